The molecule has 2 N–H and O–H groups in total. The number of nitrogens with zero attached hydrogens (tertiary/aromatic N) is 3. The van der Waals surface area contributed by atoms with Crippen LogP contribution in [0.15, 0.2) is 22.7 Å². The van der Waals surface area contributed by atoms with Gasteiger partial charge in [0.05, 0.1) is 5.69 Å². The van der Waals surface area contributed by atoms with Gasteiger partial charge in [-0.2, -0.15) is 5.10 Å². The molecule has 0 saturated carbocycles. The second-order valence-corrected chi connectivity index (χ2v) is 7.56. The molecule has 148 valence electrons. The van der Waals surface area contributed by atoms with Crippen LogP contribution in [-0.4, -0.2) is 34.0 Å². The predicted molar refractivity (Wildman–Crippen MR) is 108 cm³/mol. The number of likely N-dealkylation sites (N-methyl/N-ethyl adjacent to an activating group) is 1. The van der Waals surface area contributed by atoms with Crippen LogP contribution >= 0.6 is 15.9 Å². The first-order valence-electron chi connectivity index (χ1n) is 8.93. The number of hydrogen-bond acceptors (Lipinski definition) is 4. The van der Waals surface area contributed by atoms with Gasteiger partial charge >= 0.3 is 11.8 Å². The van der Waals surface area contributed by atoms with E-state index in [0.29, 0.717) is 12.1 Å². The highest BCUT2D eigenvalue weighted by molar-refractivity contribution is 9.10. The Morgan fingerprint density at radius 1 is 1.25 bits per heavy atom. The molecule has 2 aromatic rings. The van der Waals surface area contributed by atoms with Crippen LogP contribution < -0.4 is 15.5 Å². The lowest BCUT2D eigenvalue weighted by Gasteiger charge is -2.15. The average Bonchev–Trinajstić information content (AvgIpc) is 3.05. The molecule has 1 aliphatic rings. The van der Waals surface area contributed by atoms with Gasteiger partial charge in [0.1, 0.15) is 6.04 Å². The normalized spacial score (nSPS) is 15.5. The van der Waals surface area contributed by atoms with E-state index < -0.39 is 17.9 Å². The summed E-state index contributed by atoms with van der Waals surface area (Å²) in [5.74, 6) is -1.89. The van der Waals surface area contributed by atoms with Gasteiger partial charge in [0.2, 0.25) is 0 Å². The van der Waals surface area contributed by atoms with E-state index in [1.807, 2.05) is 40.0 Å². The number of nitrogens with one attached hydrogen (secondary N) is 2. The van der Waals surface area contributed by atoms with Gasteiger partial charge in [0.25, 0.3) is 5.91 Å². The van der Waals surface area contributed by atoms with Gasteiger partial charge in [-0.15, -0.1) is 0 Å². The Labute approximate surface area is 171 Å². The third-order valence-electron chi connectivity index (χ3n) is 4.99. The first-order valence-corrected chi connectivity index (χ1v) is 9.72. The molecule has 1 aromatic heterocycles. The van der Waals surface area contributed by atoms with Crippen molar-refractivity contribution in [2.75, 3.05) is 11.4 Å². The first-order chi connectivity index (χ1) is 13.2. The topological polar surface area (TPSA) is 96.3 Å². The summed E-state index contributed by atoms with van der Waals surface area (Å²) >= 11 is 3.39. The highest BCUT2D eigenvalue weighted by Gasteiger charge is 2.38. The molecule has 2 heterocycles. The maximum absolute atomic E-state index is 12.7. The van der Waals surface area contributed by atoms with E-state index >= 15 is 0 Å². The van der Waals surface area contributed by atoms with E-state index in [9.17, 15) is 14.4 Å². The largest absolute Gasteiger partial charge is 0.344 e. The van der Waals surface area contributed by atoms with Crippen molar-refractivity contribution >= 4 is 39.3 Å². The number of fused-ring (bicyclic) bond motifs is 1. The molecule has 28 heavy (non-hydrogen) atoms. The summed E-state index contributed by atoms with van der Waals surface area (Å²) in [7, 11) is 1.82. The summed E-state index contributed by atoms with van der Waals surface area (Å²) in [5.41, 5.74) is 3.99. The van der Waals surface area contributed by atoms with E-state index in [1.54, 1.807) is 15.6 Å². The van der Waals surface area contributed by atoms with Crippen LogP contribution in [0.1, 0.15) is 35.5 Å². The van der Waals surface area contributed by atoms with Crippen LogP contribution in [0.5, 0.6) is 0 Å². The summed E-state index contributed by atoms with van der Waals surface area (Å²) in [6.45, 7) is 6.27. The fraction of sp³-hybridized carbons (Fsp3) is 0.368. The second-order valence-electron chi connectivity index (χ2n) is 6.65. The molecule has 3 rings (SSSR count). The Balaban J connectivity index is 1.71. The maximum atomic E-state index is 12.7. The van der Waals surface area contributed by atoms with Crippen LogP contribution in [0.25, 0.3) is 0 Å². The molecule has 3 amide bonds. The zero-order valence-electron chi connectivity index (χ0n) is 16.2. The van der Waals surface area contributed by atoms with Crippen molar-refractivity contribution in [2.45, 2.75) is 33.4 Å². The van der Waals surface area contributed by atoms with Gasteiger partial charge in [0, 0.05) is 47.1 Å². The Hall–Kier alpha value is -2.68. The molecule has 0 fully saturated rings. The SMILES string of the molecule is CCN1C(=O)[C@@H](NC(=O)C(=O)NCc2c(C)nn(C)c2C)c2cc(Br)ccc21. The van der Waals surface area contributed by atoms with Crippen LogP contribution in [0, 0.1) is 13.8 Å². The number of benzene rings is 1. The summed E-state index contributed by atoms with van der Waals surface area (Å²) in [6.07, 6.45) is 0. The molecule has 0 unspecified atom stereocenters. The number of aryl methyl sites for hydroxylation is 2. The molecule has 1 aliphatic heterocycles. The van der Waals surface area contributed by atoms with Crippen molar-refractivity contribution in [1.82, 2.24) is 20.4 Å². The Kier molecular flexibility index (Phi) is 5.55. The number of carbonyl (C=O) groups is 3. The van der Waals surface area contributed by atoms with Crippen LogP contribution in [-0.2, 0) is 28.0 Å². The molecule has 0 bridgehead atoms. The fourth-order valence-electron chi connectivity index (χ4n) is 3.39. The molecule has 1 aromatic carbocycles. The second kappa shape index (κ2) is 7.75. The van der Waals surface area contributed by atoms with Crippen molar-refractivity contribution in [2.24, 2.45) is 7.05 Å². The molecular weight excluding hydrogens is 426 g/mol. The summed E-state index contributed by atoms with van der Waals surface area (Å²) in [4.78, 5) is 39.0. The molecule has 0 saturated heterocycles. The highest BCUT2D eigenvalue weighted by Crippen LogP contribution is 2.37. The molecule has 9 heteroatoms. The van der Waals surface area contributed by atoms with Crippen molar-refractivity contribution in [3.63, 3.8) is 0 Å². The molecule has 0 spiro atoms. The first kappa shape index (κ1) is 20.1. The molecule has 1 atom stereocenters. The number of hydrogen-bond donors (Lipinski definition) is 2. The van der Waals surface area contributed by atoms with E-state index in [4.69, 9.17) is 0 Å². The molecular formula is C19H22BrN5O3. The lowest BCUT2D eigenvalue weighted by molar-refractivity contribution is -0.140. The van der Waals surface area contributed by atoms with E-state index in [1.165, 1.54) is 0 Å². The third-order valence-corrected chi connectivity index (χ3v) is 5.48. The van der Waals surface area contributed by atoms with Gasteiger partial charge in [0.15, 0.2) is 0 Å². The zero-order chi connectivity index (χ0) is 20.6. The Morgan fingerprint density at radius 3 is 2.57 bits per heavy atom. The molecule has 0 radical (unpaired) electrons. The lowest BCUT2D eigenvalue weighted by Crippen LogP contribution is -2.44. The van der Waals surface area contributed by atoms with Crippen molar-refractivity contribution in [3.8, 4) is 0 Å². The number of anilines is 1. The number of halogens is 1. The summed E-state index contributed by atoms with van der Waals surface area (Å²) in [5, 5.41) is 9.46. The summed E-state index contributed by atoms with van der Waals surface area (Å²) in [6, 6.07) is 4.56. The van der Waals surface area contributed by atoms with Crippen molar-refractivity contribution < 1.29 is 14.4 Å². The van der Waals surface area contributed by atoms with Gasteiger partial charge in [-0.3, -0.25) is 19.1 Å². The monoisotopic (exact) mass is 447 g/mol. The van der Waals surface area contributed by atoms with Gasteiger partial charge in [-0.25, -0.2) is 0 Å². The van der Waals surface area contributed by atoms with Gasteiger partial charge < -0.3 is 15.5 Å². The third kappa shape index (κ3) is 3.54. The van der Waals surface area contributed by atoms with Crippen molar-refractivity contribution in [1.29, 1.82) is 0 Å². The van der Waals surface area contributed by atoms with E-state index in [2.05, 4.69) is 31.7 Å². The van der Waals surface area contributed by atoms with E-state index in [0.717, 1.165) is 27.1 Å². The molecule has 8 nitrogen and oxygen atoms in total. The van der Waals surface area contributed by atoms with Gasteiger partial charge in [-0.1, -0.05) is 15.9 Å². The predicted octanol–water partition coefficient (Wildman–Crippen LogP) is 1.64. The number of amides is 3. The van der Waals surface area contributed by atoms with Crippen molar-refractivity contribution in [3.05, 3.63) is 45.2 Å². The Morgan fingerprint density at radius 2 is 1.96 bits per heavy atom. The molecule has 0 aliphatic carbocycles. The lowest BCUT2D eigenvalue weighted by atomic mass is 10.1. The van der Waals surface area contributed by atoms with Crippen LogP contribution in [0.2, 0.25) is 0 Å². The average molecular weight is 448 g/mol. The Bertz CT molecular complexity index is 969. The minimum atomic E-state index is -0.882. The van der Waals surface area contributed by atoms with E-state index in [-0.39, 0.29) is 12.5 Å². The minimum Gasteiger partial charge on any atom is -0.344 e. The maximum Gasteiger partial charge on any atom is 0.310 e. The van der Waals surface area contributed by atoms with Gasteiger partial charge in [-0.05, 0) is 39.0 Å². The standard InChI is InChI=1S/C19H22BrN5O3/c1-5-25-15-7-6-12(20)8-13(15)16(19(25)28)22-18(27)17(26)21-9-14-10(2)23-24(4)11(14)3/h6-8,16H,5,9H2,1-4H3,(H,21,26)(H,22,27)/t16-/m0/s1. The van der Waals surface area contributed by atoms with Crippen LogP contribution in [0.4, 0.5) is 5.69 Å². The van der Waals surface area contributed by atoms with Crippen LogP contribution in [0.3, 0.4) is 0 Å². The quantitative estimate of drug-likeness (QED) is 0.696. The summed E-state index contributed by atoms with van der Waals surface area (Å²) < 4.78 is 2.52. The smallest absolute Gasteiger partial charge is 0.310 e. The number of aromatic nitrogens is 2. The fourth-order valence-corrected chi connectivity index (χ4v) is 3.77. The number of rotatable bonds is 4. The zero-order valence-corrected chi connectivity index (χ0v) is 17.8. The minimum absolute atomic E-state index is 0.194. The number of carbonyl (C=O) groups excluding carboxylic acids is 3. The highest BCUT2D eigenvalue weighted by atomic mass is 79.9.